The zero-order chi connectivity index (χ0) is 25.2. The number of benzene rings is 3. The molecule has 0 bridgehead atoms. The number of nitro benzene ring substituents is 1. The van der Waals surface area contributed by atoms with Gasteiger partial charge in [-0.15, -0.1) is 0 Å². The lowest BCUT2D eigenvalue weighted by molar-refractivity contribution is -0.384. The van der Waals surface area contributed by atoms with Gasteiger partial charge < -0.3 is 19.5 Å². The first-order valence-corrected chi connectivity index (χ1v) is 11.4. The molecule has 1 amide bonds. The third kappa shape index (κ3) is 4.26. The number of carbonyl (C=O) groups excluding carboxylic acids is 2. The molecule has 182 valence electrons. The Morgan fingerprint density at radius 1 is 0.972 bits per heavy atom. The van der Waals surface area contributed by atoms with Crippen molar-refractivity contribution in [3.8, 4) is 11.5 Å². The normalized spacial score (nSPS) is 18.3. The van der Waals surface area contributed by atoms with Gasteiger partial charge in [-0.25, -0.2) is 0 Å². The number of ether oxygens (including phenoxy) is 2. The smallest absolute Gasteiger partial charge is 0.295 e. The Labute approximate surface area is 206 Å². The molecule has 3 aromatic rings. The van der Waals surface area contributed by atoms with Crippen molar-refractivity contribution in [2.75, 3.05) is 19.8 Å². The molecule has 0 spiro atoms. The molecule has 2 aliphatic heterocycles. The van der Waals surface area contributed by atoms with E-state index in [9.17, 15) is 24.8 Å². The Morgan fingerprint density at radius 3 is 2.36 bits per heavy atom. The van der Waals surface area contributed by atoms with Gasteiger partial charge in [-0.05, 0) is 47.9 Å². The van der Waals surface area contributed by atoms with Crippen molar-refractivity contribution in [3.05, 3.63) is 105 Å². The van der Waals surface area contributed by atoms with Crippen LogP contribution >= 0.6 is 0 Å². The minimum absolute atomic E-state index is 0.0846. The maximum absolute atomic E-state index is 13.2. The Kier molecular flexibility index (Phi) is 6.12. The molecule has 1 atom stereocenters. The van der Waals surface area contributed by atoms with Gasteiger partial charge in [0, 0.05) is 24.2 Å². The molecule has 0 radical (unpaired) electrons. The molecule has 0 aliphatic carbocycles. The van der Waals surface area contributed by atoms with Crippen LogP contribution in [0.1, 0.15) is 22.7 Å². The topological polar surface area (TPSA) is 119 Å². The van der Waals surface area contributed by atoms with E-state index >= 15 is 0 Å². The van der Waals surface area contributed by atoms with Gasteiger partial charge in [0.15, 0.2) is 11.5 Å². The molecule has 2 aliphatic rings. The summed E-state index contributed by atoms with van der Waals surface area (Å²) in [7, 11) is 0. The summed E-state index contributed by atoms with van der Waals surface area (Å²) in [6.07, 6.45) is 0.488. The lowest BCUT2D eigenvalue weighted by Gasteiger charge is -2.25. The van der Waals surface area contributed by atoms with Gasteiger partial charge in [-0.1, -0.05) is 30.3 Å². The highest BCUT2D eigenvalue weighted by Gasteiger charge is 2.46. The predicted molar refractivity (Wildman–Crippen MR) is 130 cm³/mol. The molecule has 36 heavy (non-hydrogen) atoms. The Bertz CT molecular complexity index is 1370. The SMILES string of the molecule is O=C1C(=O)N(CCc2ccccc2)[C@H](c2ccc([N+](=O)[O-])cc2)/C1=C(\O)c1ccc2c(c1)OCCO2. The molecule has 9 nitrogen and oxygen atoms in total. The van der Waals surface area contributed by atoms with Crippen molar-refractivity contribution in [3.63, 3.8) is 0 Å². The Balaban J connectivity index is 1.58. The number of nitrogens with zero attached hydrogens (tertiary/aromatic N) is 2. The van der Waals surface area contributed by atoms with Gasteiger partial charge in [-0.3, -0.25) is 19.7 Å². The van der Waals surface area contributed by atoms with E-state index in [1.54, 1.807) is 18.2 Å². The first-order chi connectivity index (χ1) is 17.4. The molecule has 5 rings (SSSR count). The molecule has 9 heteroatoms. The number of likely N-dealkylation sites (tertiary alicyclic amines) is 1. The number of rotatable bonds is 6. The maximum atomic E-state index is 13.2. The van der Waals surface area contributed by atoms with Crippen LogP contribution in [0.4, 0.5) is 5.69 Å². The summed E-state index contributed by atoms with van der Waals surface area (Å²) in [4.78, 5) is 38.4. The highest BCUT2D eigenvalue weighted by atomic mass is 16.6. The summed E-state index contributed by atoms with van der Waals surface area (Å²) in [6, 6.07) is 19.0. The number of carbonyl (C=O) groups is 2. The summed E-state index contributed by atoms with van der Waals surface area (Å²) in [5, 5.41) is 22.4. The summed E-state index contributed by atoms with van der Waals surface area (Å²) >= 11 is 0. The van der Waals surface area contributed by atoms with E-state index in [4.69, 9.17) is 9.47 Å². The minimum atomic E-state index is -0.914. The van der Waals surface area contributed by atoms with Crippen LogP contribution in [0.5, 0.6) is 11.5 Å². The fraction of sp³-hybridized carbons (Fsp3) is 0.185. The van der Waals surface area contributed by atoms with Gasteiger partial charge in [0.2, 0.25) is 0 Å². The molecular formula is C27H22N2O7. The summed E-state index contributed by atoms with van der Waals surface area (Å²) in [6.45, 7) is 0.975. The zero-order valence-electron chi connectivity index (χ0n) is 19.1. The number of amides is 1. The fourth-order valence-corrected chi connectivity index (χ4v) is 4.48. The van der Waals surface area contributed by atoms with Crippen molar-refractivity contribution in [1.29, 1.82) is 0 Å². The summed E-state index contributed by atoms with van der Waals surface area (Å²) in [5.41, 5.74) is 1.55. The zero-order valence-corrected chi connectivity index (χ0v) is 19.1. The van der Waals surface area contributed by atoms with Crippen LogP contribution in [0.3, 0.4) is 0 Å². The van der Waals surface area contributed by atoms with Crippen LogP contribution in [0.25, 0.3) is 5.76 Å². The van der Waals surface area contributed by atoms with E-state index in [-0.39, 0.29) is 23.6 Å². The number of nitro groups is 1. The van der Waals surface area contributed by atoms with Crippen molar-refractivity contribution in [2.45, 2.75) is 12.5 Å². The molecule has 0 unspecified atom stereocenters. The van der Waals surface area contributed by atoms with Crippen molar-refractivity contribution in [1.82, 2.24) is 4.90 Å². The van der Waals surface area contributed by atoms with Crippen LogP contribution in [0, 0.1) is 10.1 Å². The first-order valence-electron chi connectivity index (χ1n) is 11.4. The number of non-ortho nitro benzene ring substituents is 1. The van der Waals surface area contributed by atoms with Gasteiger partial charge in [0.1, 0.15) is 19.0 Å². The largest absolute Gasteiger partial charge is 0.507 e. The second kappa shape index (κ2) is 9.53. The van der Waals surface area contributed by atoms with Gasteiger partial charge in [-0.2, -0.15) is 0 Å². The molecule has 0 saturated carbocycles. The van der Waals surface area contributed by atoms with Crippen LogP contribution in [-0.4, -0.2) is 46.4 Å². The minimum Gasteiger partial charge on any atom is -0.507 e. The highest BCUT2D eigenvalue weighted by Crippen LogP contribution is 2.41. The second-order valence-electron chi connectivity index (χ2n) is 8.44. The fourth-order valence-electron chi connectivity index (χ4n) is 4.48. The Morgan fingerprint density at radius 2 is 1.67 bits per heavy atom. The van der Waals surface area contributed by atoms with Crippen LogP contribution in [0.15, 0.2) is 78.4 Å². The third-order valence-corrected chi connectivity index (χ3v) is 6.26. The number of ketones is 1. The van der Waals surface area contributed by atoms with Crippen molar-refractivity contribution < 1.29 is 29.1 Å². The predicted octanol–water partition coefficient (Wildman–Crippen LogP) is 4.03. The number of aliphatic hydroxyl groups excluding tert-OH is 1. The van der Waals surface area contributed by atoms with Crippen molar-refractivity contribution in [2.24, 2.45) is 0 Å². The molecular weight excluding hydrogens is 464 g/mol. The van der Waals surface area contributed by atoms with E-state index in [1.807, 2.05) is 30.3 Å². The quantitative estimate of drug-likeness (QED) is 0.184. The van der Waals surface area contributed by atoms with Gasteiger partial charge in [0.25, 0.3) is 17.4 Å². The van der Waals surface area contributed by atoms with Gasteiger partial charge >= 0.3 is 0 Å². The van der Waals surface area contributed by atoms with Gasteiger partial charge in [0.05, 0.1) is 16.5 Å². The molecule has 0 aromatic heterocycles. The lowest BCUT2D eigenvalue weighted by atomic mass is 9.95. The summed E-state index contributed by atoms with van der Waals surface area (Å²) in [5.74, 6) is -0.966. The molecule has 1 fully saturated rings. The summed E-state index contributed by atoms with van der Waals surface area (Å²) < 4.78 is 11.1. The standard InChI is InChI=1S/C27H22N2O7/c30-25(19-8-11-21-22(16-19)36-15-14-35-21)23-24(18-6-9-20(10-7-18)29(33)34)28(27(32)26(23)31)13-12-17-4-2-1-3-5-17/h1-11,16,24,30H,12-15H2/b25-23+/t24-/m1/s1. The average molecular weight is 486 g/mol. The average Bonchev–Trinajstić information content (AvgIpc) is 3.16. The van der Waals surface area contributed by atoms with Crippen LogP contribution in [-0.2, 0) is 16.0 Å². The molecule has 2 heterocycles. The maximum Gasteiger partial charge on any atom is 0.295 e. The van der Waals surface area contributed by atoms with Crippen LogP contribution in [0.2, 0.25) is 0 Å². The molecule has 1 N–H and O–H groups in total. The third-order valence-electron chi connectivity index (χ3n) is 6.26. The lowest BCUT2D eigenvalue weighted by Crippen LogP contribution is -2.31. The first kappa shape index (κ1) is 23.1. The molecule has 3 aromatic carbocycles. The molecule has 1 saturated heterocycles. The number of Topliss-reactive ketones (excluding diaryl/α,β-unsaturated/α-hetero) is 1. The van der Waals surface area contributed by atoms with E-state index < -0.39 is 22.7 Å². The van der Waals surface area contributed by atoms with E-state index in [0.717, 1.165) is 5.56 Å². The van der Waals surface area contributed by atoms with E-state index in [2.05, 4.69) is 0 Å². The van der Waals surface area contributed by atoms with E-state index in [1.165, 1.54) is 29.2 Å². The monoisotopic (exact) mass is 486 g/mol. The Hall–Kier alpha value is -4.66. The number of aliphatic hydroxyl groups is 1. The van der Waals surface area contributed by atoms with Crippen molar-refractivity contribution >= 4 is 23.1 Å². The van der Waals surface area contributed by atoms with Crippen LogP contribution < -0.4 is 9.47 Å². The second-order valence-corrected chi connectivity index (χ2v) is 8.44. The number of hydrogen-bond acceptors (Lipinski definition) is 7. The number of fused-ring (bicyclic) bond motifs is 1. The number of hydrogen-bond donors (Lipinski definition) is 1. The van der Waals surface area contributed by atoms with E-state index in [0.29, 0.717) is 42.3 Å². The highest BCUT2D eigenvalue weighted by molar-refractivity contribution is 6.46.